The molecule has 318 valence electrons. The Morgan fingerprint density at radius 2 is 0.667 bits per heavy atom. The summed E-state index contributed by atoms with van der Waals surface area (Å²) in [5.41, 5.74) is 24.9. The number of hydrogen-bond donors (Lipinski definition) is 0. The van der Waals surface area contributed by atoms with Crippen molar-refractivity contribution in [2.45, 2.75) is 75.0 Å². The number of aromatic nitrogens is 2. The molecular weight excluding hydrogens is 797 g/mol. The second-order valence-corrected chi connectivity index (χ2v) is 19.5. The topological polar surface area (TPSA) is 25.8 Å². The minimum Gasteiger partial charge on any atom is -0.228 e. The van der Waals surface area contributed by atoms with Crippen LogP contribution in [0.2, 0.25) is 0 Å². The zero-order valence-corrected chi connectivity index (χ0v) is 37.4. The molecule has 0 amide bonds. The number of hydrogen-bond acceptors (Lipinski definition) is 2. The van der Waals surface area contributed by atoms with E-state index in [4.69, 9.17) is 9.97 Å². The number of fused-ring (bicyclic) bond motifs is 10. The normalized spacial score (nSPS) is 16.1. The van der Waals surface area contributed by atoms with Gasteiger partial charge in [0.25, 0.3) is 0 Å². The molecule has 4 aliphatic rings. The minimum atomic E-state index is 0.108. The molecule has 1 aromatic heterocycles. The van der Waals surface area contributed by atoms with Gasteiger partial charge in [-0.25, -0.2) is 9.97 Å². The van der Waals surface area contributed by atoms with Crippen molar-refractivity contribution in [1.29, 1.82) is 0 Å². The van der Waals surface area contributed by atoms with Gasteiger partial charge in [0.1, 0.15) is 0 Å². The van der Waals surface area contributed by atoms with Gasteiger partial charge in [0.2, 0.25) is 0 Å². The lowest BCUT2D eigenvalue weighted by Crippen LogP contribution is -2.29. The van der Waals surface area contributed by atoms with Crippen molar-refractivity contribution in [3.05, 3.63) is 216 Å². The summed E-state index contributed by atoms with van der Waals surface area (Å²) in [6.07, 6.45) is 12.9. The van der Waals surface area contributed by atoms with Gasteiger partial charge in [0, 0.05) is 27.5 Å². The molecule has 66 heavy (non-hydrogen) atoms. The summed E-state index contributed by atoms with van der Waals surface area (Å²) >= 11 is 0. The Bertz CT molecular complexity index is 3280. The van der Waals surface area contributed by atoms with E-state index in [0.29, 0.717) is 0 Å². The highest BCUT2D eigenvalue weighted by Crippen LogP contribution is 2.62. The molecule has 2 heteroatoms. The molecule has 0 unspecified atom stereocenters. The first-order chi connectivity index (χ1) is 32.6. The van der Waals surface area contributed by atoms with Gasteiger partial charge in [0.15, 0.2) is 5.82 Å². The van der Waals surface area contributed by atoms with Crippen LogP contribution in [0, 0.1) is 0 Å². The molecule has 13 rings (SSSR count). The molecule has 1 heterocycles. The summed E-state index contributed by atoms with van der Waals surface area (Å²) in [7, 11) is 0. The summed E-state index contributed by atoms with van der Waals surface area (Å²) in [4.78, 5) is 10.2. The monoisotopic (exact) mass is 848 g/mol. The molecular formula is C64H52N2. The molecule has 0 radical (unpaired) electrons. The summed E-state index contributed by atoms with van der Waals surface area (Å²) in [6, 6.07) is 72.0. The van der Waals surface area contributed by atoms with Gasteiger partial charge in [0.05, 0.1) is 11.4 Å². The Morgan fingerprint density at radius 3 is 1.27 bits per heavy atom. The van der Waals surface area contributed by atoms with Gasteiger partial charge in [-0.3, -0.25) is 0 Å². The first-order valence-corrected chi connectivity index (χ1v) is 24.4. The van der Waals surface area contributed by atoms with Crippen molar-refractivity contribution < 1.29 is 0 Å². The van der Waals surface area contributed by atoms with Crippen LogP contribution in [0.25, 0.3) is 89.5 Å². The summed E-state index contributed by atoms with van der Waals surface area (Å²) in [5, 5.41) is 0. The van der Waals surface area contributed by atoms with Crippen LogP contribution in [0.15, 0.2) is 194 Å². The van der Waals surface area contributed by atoms with Gasteiger partial charge in [-0.05, 0) is 134 Å². The third-order valence-electron chi connectivity index (χ3n) is 15.9. The van der Waals surface area contributed by atoms with E-state index >= 15 is 0 Å². The van der Waals surface area contributed by atoms with Crippen LogP contribution in [0.1, 0.15) is 86.5 Å². The van der Waals surface area contributed by atoms with Crippen molar-refractivity contribution >= 4 is 0 Å². The molecule has 0 bridgehead atoms. The van der Waals surface area contributed by atoms with Gasteiger partial charge < -0.3 is 0 Å². The van der Waals surface area contributed by atoms with Gasteiger partial charge in [-0.2, -0.15) is 0 Å². The van der Waals surface area contributed by atoms with Crippen molar-refractivity contribution in [2.24, 2.45) is 0 Å². The molecule has 0 atom stereocenters. The van der Waals surface area contributed by atoms with Crippen molar-refractivity contribution in [1.82, 2.24) is 9.97 Å². The highest BCUT2D eigenvalue weighted by molar-refractivity contribution is 5.92. The molecule has 0 N–H and O–H groups in total. The number of benzene rings is 8. The van der Waals surface area contributed by atoms with E-state index < -0.39 is 0 Å². The fraction of sp³-hybridized carbons (Fsp3) is 0.188. The Hall–Kier alpha value is -7.16. The smallest absolute Gasteiger partial charge is 0.160 e. The third-order valence-corrected chi connectivity index (χ3v) is 15.9. The van der Waals surface area contributed by atoms with E-state index in [1.807, 2.05) is 18.2 Å². The van der Waals surface area contributed by atoms with E-state index in [1.165, 1.54) is 120 Å². The maximum absolute atomic E-state index is 5.14. The number of rotatable bonds is 6. The molecule has 2 saturated carbocycles. The highest BCUT2D eigenvalue weighted by atomic mass is 14.9. The van der Waals surface area contributed by atoms with Crippen molar-refractivity contribution in [3.8, 4) is 89.5 Å². The summed E-state index contributed by atoms with van der Waals surface area (Å²) < 4.78 is 0. The van der Waals surface area contributed by atoms with Gasteiger partial charge in [-0.15, -0.1) is 0 Å². The standard InChI is InChI=1S/C64H52N2/c1-5-16-43(17-6-1)44-24-28-46(29-25-44)60-42-61(66-62(65-60)48-18-7-2-8-19-48)47-30-26-45(27-31-47)49-20-15-21-50(38-49)51-32-33-57-53(39-51)55-41-58-54(40-59(55)64(57)36-13-4-14-37-64)52-22-9-10-23-56(52)63(58)34-11-3-12-35-63/h1-2,5-10,15-33,38-42H,3-4,11-14,34-37H2. The Kier molecular flexibility index (Phi) is 9.38. The molecule has 8 aromatic carbocycles. The third kappa shape index (κ3) is 6.37. The molecule has 0 aliphatic heterocycles. The highest BCUT2D eigenvalue weighted by Gasteiger charge is 2.49. The molecule has 2 nitrogen and oxygen atoms in total. The quantitative estimate of drug-likeness (QED) is 0.167. The predicted octanol–water partition coefficient (Wildman–Crippen LogP) is 16.9. The van der Waals surface area contributed by atoms with Crippen molar-refractivity contribution in [2.75, 3.05) is 0 Å². The fourth-order valence-electron chi connectivity index (χ4n) is 12.6. The lowest BCUT2D eigenvalue weighted by Gasteiger charge is -2.37. The van der Waals surface area contributed by atoms with E-state index in [9.17, 15) is 0 Å². The van der Waals surface area contributed by atoms with E-state index in [1.54, 1.807) is 22.3 Å². The van der Waals surface area contributed by atoms with Crippen LogP contribution >= 0.6 is 0 Å². The van der Waals surface area contributed by atoms with Crippen LogP contribution in [0.5, 0.6) is 0 Å². The van der Waals surface area contributed by atoms with E-state index in [0.717, 1.165) is 33.9 Å². The predicted molar refractivity (Wildman–Crippen MR) is 273 cm³/mol. The zero-order chi connectivity index (χ0) is 43.7. The fourth-order valence-corrected chi connectivity index (χ4v) is 12.6. The Morgan fingerprint density at radius 1 is 0.258 bits per heavy atom. The van der Waals surface area contributed by atoms with Crippen LogP contribution < -0.4 is 0 Å². The average molecular weight is 849 g/mol. The Labute approximate surface area is 389 Å². The molecule has 2 fully saturated rings. The molecule has 2 spiro atoms. The maximum Gasteiger partial charge on any atom is 0.160 e. The van der Waals surface area contributed by atoms with E-state index in [-0.39, 0.29) is 10.8 Å². The first kappa shape index (κ1) is 39.2. The lowest BCUT2D eigenvalue weighted by molar-refractivity contribution is 0.350. The van der Waals surface area contributed by atoms with Gasteiger partial charge >= 0.3 is 0 Å². The minimum absolute atomic E-state index is 0.108. The second-order valence-electron chi connectivity index (χ2n) is 19.5. The first-order valence-electron chi connectivity index (χ1n) is 24.4. The van der Waals surface area contributed by atoms with Gasteiger partial charge in [-0.1, -0.05) is 202 Å². The SMILES string of the molecule is c1ccc(-c2ccc(-c3cc(-c4ccc(-c5cccc(-c6ccc7c(c6)-c6cc8c(cc6C76CCCCC6)-c6ccccc6C86CCCCC6)c5)cc4)nc(-c4ccccc4)n3)cc2)cc1. The second kappa shape index (κ2) is 15.8. The van der Waals surface area contributed by atoms with Crippen LogP contribution in [0.4, 0.5) is 0 Å². The maximum atomic E-state index is 5.14. The average Bonchev–Trinajstić information content (AvgIpc) is 3.80. The Balaban J connectivity index is 0.849. The summed E-state index contributed by atoms with van der Waals surface area (Å²) in [5.74, 6) is 0.723. The summed E-state index contributed by atoms with van der Waals surface area (Å²) in [6.45, 7) is 0. The molecule has 4 aliphatic carbocycles. The molecule has 9 aromatic rings. The lowest BCUT2D eigenvalue weighted by atomic mass is 9.66. The van der Waals surface area contributed by atoms with Crippen LogP contribution in [-0.4, -0.2) is 9.97 Å². The van der Waals surface area contributed by atoms with E-state index in [2.05, 4.69) is 176 Å². The van der Waals surface area contributed by atoms with Crippen molar-refractivity contribution in [3.63, 3.8) is 0 Å². The number of nitrogens with zero attached hydrogens (tertiary/aromatic N) is 2. The zero-order valence-electron chi connectivity index (χ0n) is 37.4. The largest absolute Gasteiger partial charge is 0.228 e. The van der Waals surface area contributed by atoms with Crippen LogP contribution in [0.3, 0.4) is 0 Å². The molecule has 0 saturated heterocycles. The van der Waals surface area contributed by atoms with Crippen LogP contribution in [-0.2, 0) is 10.8 Å².